The van der Waals surface area contributed by atoms with Crippen molar-refractivity contribution >= 4 is 39.9 Å². The first kappa shape index (κ1) is 17.7. The van der Waals surface area contributed by atoms with Gasteiger partial charge < -0.3 is 10.1 Å². The first-order valence-electron chi connectivity index (χ1n) is 7.26. The molecular formula is C16H21N3O2S2. The normalized spacial score (nSPS) is 11.3. The van der Waals surface area contributed by atoms with E-state index in [1.165, 1.54) is 23.1 Å². The number of nitrogens with one attached hydrogen (secondary N) is 1. The predicted molar refractivity (Wildman–Crippen MR) is 95.7 cm³/mol. The summed E-state index contributed by atoms with van der Waals surface area (Å²) >= 11 is 2.77. The molecule has 0 unspecified atom stereocenters. The molecule has 7 heteroatoms. The summed E-state index contributed by atoms with van der Waals surface area (Å²) < 4.78 is 6.01. The zero-order chi connectivity index (χ0) is 17.0. The second-order valence-corrected chi connectivity index (χ2v) is 8.34. The number of thioether (sulfide) groups is 1. The van der Waals surface area contributed by atoms with E-state index < -0.39 is 5.60 Å². The van der Waals surface area contributed by atoms with Crippen molar-refractivity contribution in [3.63, 3.8) is 0 Å². The van der Waals surface area contributed by atoms with Gasteiger partial charge in [-0.3, -0.25) is 4.79 Å². The van der Waals surface area contributed by atoms with Crippen molar-refractivity contribution in [1.29, 1.82) is 0 Å². The molecule has 0 aliphatic rings. The number of ether oxygens (including phenoxy) is 1. The maximum Gasteiger partial charge on any atom is 0.316 e. The van der Waals surface area contributed by atoms with Gasteiger partial charge in [-0.25, -0.2) is 0 Å². The summed E-state index contributed by atoms with van der Waals surface area (Å²) in [6, 6.07) is 6.13. The molecule has 0 fully saturated rings. The van der Waals surface area contributed by atoms with Crippen LogP contribution in [0.15, 0.2) is 22.5 Å². The lowest BCUT2D eigenvalue weighted by Crippen LogP contribution is -2.24. The van der Waals surface area contributed by atoms with Crippen LogP contribution >= 0.6 is 23.1 Å². The first-order chi connectivity index (χ1) is 10.7. The lowest BCUT2D eigenvalue weighted by atomic mass is 10.1. The van der Waals surface area contributed by atoms with Gasteiger partial charge in [-0.15, -0.1) is 10.2 Å². The molecular weight excluding hydrogens is 330 g/mol. The summed E-state index contributed by atoms with van der Waals surface area (Å²) in [5.74, 6) is -0.0167. The Bertz CT molecular complexity index is 673. The quantitative estimate of drug-likeness (QED) is 0.639. The lowest BCUT2D eigenvalue weighted by Gasteiger charge is -2.18. The van der Waals surface area contributed by atoms with Crippen molar-refractivity contribution in [2.75, 3.05) is 11.1 Å². The van der Waals surface area contributed by atoms with E-state index in [-0.39, 0.29) is 11.7 Å². The lowest BCUT2D eigenvalue weighted by molar-refractivity contribution is -0.151. The Morgan fingerprint density at radius 1 is 1.26 bits per heavy atom. The van der Waals surface area contributed by atoms with Crippen molar-refractivity contribution < 1.29 is 9.53 Å². The van der Waals surface area contributed by atoms with Crippen LogP contribution in [0.25, 0.3) is 0 Å². The van der Waals surface area contributed by atoms with Crippen LogP contribution in [-0.2, 0) is 9.53 Å². The van der Waals surface area contributed by atoms with Crippen LogP contribution < -0.4 is 5.32 Å². The molecule has 5 nitrogen and oxygen atoms in total. The van der Waals surface area contributed by atoms with Crippen molar-refractivity contribution in [2.45, 2.75) is 44.6 Å². The van der Waals surface area contributed by atoms with Crippen LogP contribution in [0.5, 0.6) is 0 Å². The van der Waals surface area contributed by atoms with Gasteiger partial charge in [0.15, 0.2) is 4.34 Å². The van der Waals surface area contributed by atoms with E-state index in [2.05, 4.69) is 41.5 Å². The Balaban J connectivity index is 1.95. The SMILES string of the molecule is Cc1cccc(C)c1Nc1nnc(SCC(=O)OC(C)(C)C)s1. The Morgan fingerprint density at radius 3 is 2.52 bits per heavy atom. The fraction of sp³-hybridized carbons (Fsp3) is 0.438. The van der Waals surface area contributed by atoms with Gasteiger partial charge in [-0.05, 0) is 45.7 Å². The van der Waals surface area contributed by atoms with Crippen LogP contribution in [0.2, 0.25) is 0 Å². The second-order valence-electron chi connectivity index (χ2n) is 6.14. The maximum atomic E-state index is 11.7. The summed E-state index contributed by atoms with van der Waals surface area (Å²) in [5.41, 5.74) is 2.90. The van der Waals surface area contributed by atoms with E-state index in [1.54, 1.807) is 0 Å². The van der Waals surface area contributed by atoms with Gasteiger partial charge in [-0.2, -0.15) is 0 Å². The number of carbonyl (C=O) groups is 1. The number of hydrogen-bond acceptors (Lipinski definition) is 7. The number of benzene rings is 1. The summed E-state index contributed by atoms with van der Waals surface area (Å²) in [6.07, 6.45) is 0. The zero-order valence-electron chi connectivity index (χ0n) is 14.0. The third-order valence-corrected chi connectivity index (χ3v) is 4.80. The molecule has 0 radical (unpaired) electrons. The average Bonchev–Trinajstić information content (AvgIpc) is 2.87. The molecule has 0 amide bonds. The number of nitrogens with zero attached hydrogens (tertiary/aromatic N) is 2. The van der Waals surface area contributed by atoms with Gasteiger partial charge in [0.05, 0.1) is 5.75 Å². The number of para-hydroxylation sites is 1. The first-order valence-corrected chi connectivity index (χ1v) is 9.06. The number of aromatic nitrogens is 2. The number of rotatable bonds is 5. The van der Waals surface area contributed by atoms with Gasteiger partial charge in [0, 0.05) is 5.69 Å². The fourth-order valence-corrected chi connectivity index (χ4v) is 3.46. The van der Waals surface area contributed by atoms with Gasteiger partial charge >= 0.3 is 5.97 Å². The Morgan fingerprint density at radius 2 is 1.91 bits per heavy atom. The highest BCUT2D eigenvalue weighted by Crippen LogP contribution is 2.30. The molecule has 2 rings (SSSR count). The molecule has 0 saturated carbocycles. The molecule has 1 aromatic heterocycles. The highest BCUT2D eigenvalue weighted by Gasteiger charge is 2.17. The topological polar surface area (TPSA) is 64.1 Å². The molecule has 1 N–H and O–H groups in total. The molecule has 0 aliphatic carbocycles. The number of carbonyl (C=O) groups excluding carboxylic acids is 1. The van der Waals surface area contributed by atoms with Crippen molar-refractivity contribution in [3.05, 3.63) is 29.3 Å². The monoisotopic (exact) mass is 351 g/mol. The largest absolute Gasteiger partial charge is 0.459 e. The predicted octanol–water partition coefficient (Wildman–Crippen LogP) is 4.33. The van der Waals surface area contributed by atoms with E-state index in [4.69, 9.17) is 4.74 Å². The second kappa shape index (κ2) is 7.31. The molecule has 0 bridgehead atoms. The number of aryl methyl sites for hydroxylation is 2. The summed E-state index contributed by atoms with van der Waals surface area (Å²) in [6.45, 7) is 9.66. The van der Waals surface area contributed by atoms with E-state index in [0.29, 0.717) is 5.13 Å². The van der Waals surface area contributed by atoms with Crippen LogP contribution in [0, 0.1) is 13.8 Å². The van der Waals surface area contributed by atoms with Crippen LogP contribution in [0.3, 0.4) is 0 Å². The molecule has 1 heterocycles. The molecule has 0 saturated heterocycles. The molecule has 23 heavy (non-hydrogen) atoms. The molecule has 0 atom stereocenters. The fourth-order valence-electron chi connectivity index (χ4n) is 1.93. The summed E-state index contributed by atoms with van der Waals surface area (Å²) in [4.78, 5) is 11.7. The van der Waals surface area contributed by atoms with Crippen molar-refractivity contribution in [2.24, 2.45) is 0 Å². The minimum atomic E-state index is -0.464. The minimum absolute atomic E-state index is 0.231. The van der Waals surface area contributed by atoms with Crippen LogP contribution in [0.1, 0.15) is 31.9 Å². The van der Waals surface area contributed by atoms with Gasteiger partial charge in [-0.1, -0.05) is 41.3 Å². The van der Waals surface area contributed by atoms with Gasteiger partial charge in [0.2, 0.25) is 5.13 Å². The smallest absolute Gasteiger partial charge is 0.316 e. The maximum absolute atomic E-state index is 11.7. The van der Waals surface area contributed by atoms with E-state index in [9.17, 15) is 4.79 Å². The van der Waals surface area contributed by atoms with Crippen LogP contribution in [0.4, 0.5) is 10.8 Å². The third-order valence-electron chi connectivity index (χ3n) is 2.85. The summed E-state index contributed by atoms with van der Waals surface area (Å²) in [7, 11) is 0. The number of anilines is 2. The molecule has 124 valence electrons. The van der Waals surface area contributed by atoms with Gasteiger partial charge in [0.1, 0.15) is 5.60 Å². The average molecular weight is 351 g/mol. The highest BCUT2D eigenvalue weighted by atomic mass is 32.2. The zero-order valence-corrected chi connectivity index (χ0v) is 15.6. The van der Waals surface area contributed by atoms with E-state index in [0.717, 1.165) is 21.2 Å². The Kier molecular flexibility index (Phi) is 5.64. The molecule has 2 aromatic rings. The number of esters is 1. The highest BCUT2D eigenvalue weighted by molar-refractivity contribution is 8.01. The number of hydrogen-bond donors (Lipinski definition) is 1. The summed E-state index contributed by atoms with van der Waals surface area (Å²) in [5, 5.41) is 12.3. The van der Waals surface area contributed by atoms with E-state index in [1.807, 2.05) is 26.8 Å². The molecule has 0 spiro atoms. The third kappa shape index (κ3) is 5.51. The standard InChI is InChI=1S/C16H21N3O2S2/c1-10-7-6-8-11(2)13(10)17-14-18-19-15(23-14)22-9-12(20)21-16(3,4)5/h6-8H,9H2,1-5H3,(H,17,18). The van der Waals surface area contributed by atoms with Crippen molar-refractivity contribution in [3.8, 4) is 0 Å². The molecule has 0 aliphatic heterocycles. The Labute approximate surface area is 144 Å². The Hall–Kier alpha value is -1.60. The van der Waals surface area contributed by atoms with Gasteiger partial charge in [0.25, 0.3) is 0 Å². The van der Waals surface area contributed by atoms with Crippen molar-refractivity contribution in [1.82, 2.24) is 10.2 Å². The molecule has 1 aromatic carbocycles. The van der Waals surface area contributed by atoms with E-state index >= 15 is 0 Å². The minimum Gasteiger partial charge on any atom is -0.459 e. The van der Waals surface area contributed by atoms with Crippen LogP contribution in [-0.4, -0.2) is 27.5 Å².